The zero-order valence-electron chi connectivity index (χ0n) is 11.4. The Labute approximate surface area is 124 Å². The SMILES string of the molecule is CC1NC(c2ccccc2)COC1c1cccc(Cl)c1. The Morgan fingerprint density at radius 3 is 2.50 bits per heavy atom. The molecule has 104 valence electrons. The van der Waals surface area contributed by atoms with E-state index in [1.54, 1.807) is 0 Å². The van der Waals surface area contributed by atoms with Gasteiger partial charge >= 0.3 is 0 Å². The number of rotatable bonds is 2. The summed E-state index contributed by atoms with van der Waals surface area (Å²) in [7, 11) is 0. The van der Waals surface area contributed by atoms with Crippen molar-refractivity contribution in [3.63, 3.8) is 0 Å². The number of benzene rings is 2. The van der Waals surface area contributed by atoms with Crippen LogP contribution in [-0.2, 0) is 4.74 Å². The highest BCUT2D eigenvalue weighted by Crippen LogP contribution is 2.30. The summed E-state index contributed by atoms with van der Waals surface area (Å²) >= 11 is 6.06. The zero-order chi connectivity index (χ0) is 13.9. The Hall–Kier alpha value is -1.35. The molecule has 0 radical (unpaired) electrons. The molecule has 3 atom stereocenters. The molecular weight excluding hydrogens is 270 g/mol. The quantitative estimate of drug-likeness (QED) is 0.897. The van der Waals surface area contributed by atoms with Crippen molar-refractivity contribution in [3.8, 4) is 0 Å². The van der Waals surface area contributed by atoms with Gasteiger partial charge in [-0.3, -0.25) is 0 Å². The molecule has 0 amide bonds. The summed E-state index contributed by atoms with van der Waals surface area (Å²) in [6.07, 6.45) is 0.0497. The molecule has 1 heterocycles. The Morgan fingerprint density at radius 2 is 1.80 bits per heavy atom. The van der Waals surface area contributed by atoms with E-state index in [2.05, 4.69) is 42.6 Å². The highest BCUT2D eigenvalue weighted by molar-refractivity contribution is 6.30. The maximum Gasteiger partial charge on any atom is 0.0976 e. The van der Waals surface area contributed by atoms with E-state index in [1.807, 2.05) is 24.3 Å². The molecule has 1 aliphatic heterocycles. The number of halogens is 1. The van der Waals surface area contributed by atoms with Crippen molar-refractivity contribution in [2.45, 2.75) is 25.1 Å². The van der Waals surface area contributed by atoms with Crippen LogP contribution in [0.3, 0.4) is 0 Å². The van der Waals surface area contributed by atoms with E-state index in [0.29, 0.717) is 6.61 Å². The smallest absolute Gasteiger partial charge is 0.0976 e. The van der Waals surface area contributed by atoms with Crippen LogP contribution in [0.25, 0.3) is 0 Å². The van der Waals surface area contributed by atoms with Gasteiger partial charge in [-0.25, -0.2) is 0 Å². The number of nitrogens with one attached hydrogen (secondary N) is 1. The minimum atomic E-state index is 0.0497. The van der Waals surface area contributed by atoms with Gasteiger partial charge in [-0.2, -0.15) is 0 Å². The molecule has 0 saturated carbocycles. The molecule has 0 aromatic heterocycles. The average Bonchev–Trinajstić information content (AvgIpc) is 2.48. The molecule has 3 heteroatoms. The van der Waals surface area contributed by atoms with Gasteiger partial charge in [0.2, 0.25) is 0 Å². The van der Waals surface area contributed by atoms with Crippen LogP contribution in [0.15, 0.2) is 54.6 Å². The molecule has 1 aliphatic rings. The number of hydrogen-bond acceptors (Lipinski definition) is 2. The summed E-state index contributed by atoms with van der Waals surface area (Å²) in [5, 5.41) is 4.39. The minimum absolute atomic E-state index is 0.0497. The van der Waals surface area contributed by atoms with E-state index < -0.39 is 0 Å². The molecule has 1 saturated heterocycles. The number of hydrogen-bond donors (Lipinski definition) is 1. The van der Waals surface area contributed by atoms with Gasteiger partial charge in [-0.15, -0.1) is 0 Å². The van der Waals surface area contributed by atoms with Crippen molar-refractivity contribution >= 4 is 11.6 Å². The summed E-state index contributed by atoms with van der Waals surface area (Å²) < 4.78 is 6.08. The molecule has 3 unspecified atom stereocenters. The van der Waals surface area contributed by atoms with E-state index in [4.69, 9.17) is 16.3 Å². The average molecular weight is 288 g/mol. The van der Waals surface area contributed by atoms with Crippen LogP contribution in [0, 0.1) is 0 Å². The van der Waals surface area contributed by atoms with Crippen LogP contribution < -0.4 is 5.32 Å². The van der Waals surface area contributed by atoms with Crippen LogP contribution in [0.5, 0.6) is 0 Å². The van der Waals surface area contributed by atoms with Crippen LogP contribution in [0.1, 0.15) is 30.2 Å². The van der Waals surface area contributed by atoms with Crippen molar-refractivity contribution in [1.29, 1.82) is 0 Å². The predicted molar refractivity (Wildman–Crippen MR) is 81.9 cm³/mol. The molecule has 2 aromatic rings. The van der Waals surface area contributed by atoms with E-state index >= 15 is 0 Å². The molecule has 1 N–H and O–H groups in total. The summed E-state index contributed by atoms with van der Waals surface area (Å²) in [4.78, 5) is 0. The third-order valence-corrected chi connectivity index (χ3v) is 3.97. The molecule has 2 aromatic carbocycles. The summed E-state index contributed by atoms with van der Waals surface area (Å²) in [6, 6.07) is 18.8. The van der Waals surface area contributed by atoms with Gasteiger partial charge in [0.25, 0.3) is 0 Å². The molecule has 2 nitrogen and oxygen atoms in total. The van der Waals surface area contributed by atoms with Crippen LogP contribution >= 0.6 is 11.6 Å². The first-order chi connectivity index (χ1) is 9.74. The largest absolute Gasteiger partial charge is 0.370 e. The fourth-order valence-corrected chi connectivity index (χ4v) is 2.94. The first-order valence-electron chi connectivity index (χ1n) is 6.92. The molecule has 20 heavy (non-hydrogen) atoms. The Balaban J connectivity index is 1.74. The van der Waals surface area contributed by atoms with Gasteiger partial charge in [0, 0.05) is 11.1 Å². The molecule has 0 bridgehead atoms. The second-order valence-electron chi connectivity index (χ2n) is 5.23. The van der Waals surface area contributed by atoms with Gasteiger partial charge in [0.15, 0.2) is 0 Å². The minimum Gasteiger partial charge on any atom is -0.370 e. The topological polar surface area (TPSA) is 21.3 Å². The summed E-state index contributed by atoms with van der Waals surface area (Å²) in [6.45, 7) is 2.83. The number of morpholine rings is 1. The van der Waals surface area contributed by atoms with Crippen molar-refractivity contribution in [1.82, 2.24) is 5.32 Å². The van der Waals surface area contributed by atoms with Gasteiger partial charge < -0.3 is 10.1 Å². The van der Waals surface area contributed by atoms with E-state index in [1.165, 1.54) is 5.56 Å². The van der Waals surface area contributed by atoms with E-state index in [9.17, 15) is 0 Å². The second kappa shape index (κ2) is 5.96. The summed E-state index contributed by atoms with van der Waals surface area (Å²) in [5.74, 6) is 0. The summed E-state index contributed by atoms with van der Waals surface area (Å²) in [5.41, 5.74) is 2.40. The highest BCUT2D eigenvalue weighted by Gasteiger charge is 2.29. The third-order valence-electron chi connectivity index (χ3n) is 3.74. The fraction of sp³-hybridized carbons (Fsp3) is 0.294. The Bertz CT molecular complexity index is 572. The lowest BCUT2D eigenvalue weighted by Gasteiger charge is -2.36. The van der Waals surface area contributed by atoms with Crippen molar-refractivity contribution in [3.05, 3.63) is 70.7 Å². The van der Waals surface area contributed by atoms with Crippen molar-refractivity contribution in [2.24, 2.45) is 0 Å². The normalized spacial score (nSPS) is 26.4. The predicted octanol–water partition coefficient (Wildman–Crippen LogP) is 4.13. The standard InChI is InChI=1S/C17H18ClNO/c1-12-17(14-8-5-9-15(18)10-14)20-11-16(19-12)13-6-3-2-4-7-13/h2-10,12,16-17,19H,11H2,1H3. The first-order valence-corrected chi connectivity index (χ1v) is 7.30. The van der Waals surface area contributed by atoms with Crippen LogP contribution in [0.4, 0.5) is 0 Å². The maximum atomic E-state index is 6.08. The fourth-order valence-electron chi connectivity index (χ4n) is 2.74. The second-order valence-corrected chi connectivity index (χ2v) is 5.66. The Kier molecular flexibility index (Phi) is 4.06. The lowest BCUT2D eigenvalue weighted by molar-refractivity contribution is -0.0252. The van der Waals surface area contributed by atoms with Gasteiger partial charge in [0.05, 0.1) is 18.8 Å². The van der Waals surface area contributed by atoms with Gasteiger partial charge in [-0.05, 0) is 30.2 Å². The van der Waals surface area contributed by atoms with Crippen molar-refractivity contribution in [2.75, 3.05) is 6.61 Å². The monoisotopic (exact) mass is 287 g/mol. The maximum absolute atomic E-state index is 6.08. The van der Waals surface area contributed by atoms with Gasteiger partial charge in [0.1, 0.15) is 0 Å². The number of ether oxygens (including phenoxy) is 1. The van der Waals surface area contributed by atoms with Crippen LogP contribution in [-0.4, -0.2) is 12.6 Å². The third kappa shape index (κ3) is 2.88. The molecular formula is C17H18ClNO. The van der Waals surface area contributed by atoms with E-state index in [-0.39, 0.29) is 18.2 Å². The van der Waals surface area contributed by atoms with Crippen LogP contribution in [0.2, 0.25) is 5.02 Å². The van der Waals surface area contributed by atoms with Gasteiger partial charge in [-0.1, -0.05) is 54.1 Å². The molecule has 3 rings (SSSR count). The van der Waals surface area contributed by atoms with Crippen molar-refractivity contribution < 1.29 is 4.74 Å². The lowest BCUT2D eigenvalue weighted by Crippen LogP contribution is -2.43. The first kappa shape index (κ1) is 13.6. The highest BCUT2D eigenvalue weighted by atomic mass is 35.5. The van der Waals surface area contributed by atoms with E-state index in [0.717, 1.165) is 10.6 Å². The molecule has 0 spiro atoms. The zero-order valence-corrected chi connectivity index (χ0v) is 12.2. The molecule has 0 aliphatic carbocycles. The lowest BCUT2D eigenvalue weighted by atomic mass is 9.98. The Morgan fingerprint density at radius 1 is 1.05 bits per heavy atom. The molecule has 1 fully saturated rings.